The van der Waals surface area contributed by atoms with Gasteiger partial charge in [-0.25, -0.2) is 4.79 Å². The van der Waals surface area contributed by atoms with Crippen molar-refractivity contribution in [1.82, 2.24) is 0 Å². The smallest absolute Gasteiger partial charge is 0.331 e. The molecule has 2 rings (SSSR count). The van der Waals surface area contributed by atoms with Gasteiger partial charge in [0.25, 0.3) is 0 Å². The molecule has 1 fully saturated rings. The lowest BCUT2D eigenvalue weighted by Crippen LogP contribution is -2.41. The normalized spacial score (nSPS) is 20.0. The molecule has 0 bridgehead atoms. The third-order valence-corrected chi connectivity index (χ3v) is 3.39. The molecule has 2 atom stereocenters. The lowest BCUT2D eigenvalue weighted by atomic mass is 10.1. The number of ether oxygens (including phenoxy) is 2. The Morgan fingerprint density at radius 2 is 2.37 bits per heavy atom. The number of benzene rings is 1. The molecule has 1 aliphatic heterocycles. The standard InChI is InChI=1S/C14H18ClNO3/c1-2-18-14(17)13(12-8-5-9-19-12)16-11-7-4-3-6-10(11)15/h3-4,6-7,12-13,16H,2,5,8-9H2,1H3. The number of esters is 1. The van der Waals surface area contributed by atoms with Crippen LogP contribution in [0.2, 0.25) is 5.02 Å². The van der Waals surface area contributed by atoms with Gasteiger partial charge in [-0.15, -0.1) is 0 Å². The first-order valence-corrected chi connectivity index (χ1v) is 6.89. The number of nitrogens with one attached hydrogen (secondary N) is 1. The molecule has 1 aromatic rings. The molecule has 2 unspecified atom stereocenters. The maximum atomic E-state index is 12.0. The van der Waals surface area contributed by atoms with Gasteiger partial charge in [-0.1, -0.05) is 23.7 Å². The number of carbonyl (C=O) groups is 1. The summed E-state index contributed by atoms with van der Waals surface area (Å²) in [5.41, 5.74) is 0.720. The van der Waals surface area contributed by atoms with E-state index < -0.39 is 6.04 Å². The zero-order valence-corrected chi connectivity index (χ0v) is 11.7. The van der Waals surface area contributed by atoms with Crippen molar-refractivity contribution in [1.29, 1.82) is 0 Å². The van der Waals surface area contributed by atoms with E-state index in [0.717, 1.165) is 18.5 Å². The monoisotopic (exact) mass is 283 g/mol. The summed E-state index contributed by atoms with van der Waals surface area (Å²) in [6.07, 6.45) is 1.65. The number of halogens is 1. The molecule has 4 nitrogen and oxygen atoms in total. The Morgan fingerprint density at radius 1 is 1.58 bits per heavy atom. The van der Waals surface area contributed by atoms with Crippen LogP contribution in [0.15, 0.2) is 24.3 Å². The van der Waals surface area contributed by atoms with E-state index in [9.17, 15) is 4.79 Å². The highest BCUT2D eigenvalue weighted by molar-refractivity contribution is 6.33. The first-order chi connectivity index (χ1) is 9.22. The van der Waals surface area contributed by atoms with Crippen LogP contribution in [0.3, 0.4) is 0 Å². The molecular weight excluding hydrogens is 266 g/mol. The molecule has 19 heavy (non-hydrogen) atoms. The van der Waals surface area contributed by atoms with Gasteiger partial charge in [-0.2, -0.15) is 0 Å². The number of anilines is 1. The summed E-state index contributed by atoms with van der Waals surface area (Å²) in [6, 6.07) is 6.82. The second-order valence-corrected chi connectivity index (χ2v) is 4.81. The van der Waals surface area contributed by atoms with E-state index in [-0.39, 0.29) is 12.1 Å². The minimum absolute atomic E-state index is 0.157. The SMILES string of the molecule is CCOC(=O)C(Nc1ccccc1Cl)C1CCCO1. The van der Waals surface area contributed by atoms with Crippen molar-refractivity contribution >= 4 is 23.3 Å². The van der Waals surface area contributed by atoms with E-state index in [1.807, 2.05) is 18.2 Å². The first-order valence-electron chi connectivity index (χ1n) is 6.51. The maximum Gasteiger partial charge on any atom is 0.331 e. The fourth-order valence-corrected chi connectivity index (χ4v) is 2.34. The molecule has 0 amide bonds. The average molecular weight is 284 g/mol. The molecule has 104 valence electrons. The van der Waals surface area contributed by atoms with Gasteiger partial charge in [-0.05, 0) is 31.9 Å². The van der Waals surface area contributed by atoms with Crippen LogP contribution in [0.4, 0.5) is 5.69 Å². The molecule has 5 heteroatoms. The number of carbonyl (C=O) groups excluding carboxylic acids is 1. The highest BCUT2D eigenvalue weighted by Gasteiger charge is 2.33. The van der Waals surface area contributed by atoms with Crippen molar-refractivity contribution in [3.05, 3.63) is 29.3 Å². The molecule has 1 aromatic carbocycles. The van der Waals surface area contributed by atoms with Gasteiger partial charge in [0.05, 0.1) is 23.4 Å². The van der Waals surface area contributed by atoms with E-state index in [1.165, 1.54) is 0 Å². The van der Waals surface area contributed by atoms with E-state index >= 15 is 0 Å². The number of hydrogen-bond acceptors (Lipinski definition) is 4. The van der Waals surface area contributed by atoms with Crippen LogP contribution < -0.4 is 5.32 Å². The fraction of sp³-hybridized carbons (Fsp3) is 0.500. The van der Waals surface area contributed by atoms with Crippen molar-refractivity contribution in [3.8, 4) is 0 Å². The average Bonchev–Trinajstić information content (AvgIpc) is 2.91. The second kappa shape index (κ2) is 6.78. The number of hydrogen-bond donors (Lipinski definition) is 1. The van der Waals surface area contributed by atoms with Crippen molar-refractivity contribution in [3.63, 3.8) is 0 Å². The largest absolute Gasteiger partial charge is 0.464 e. The van der Waals surface area contributed by atoms with Crippen LogP contribution in [0.5, 0.6) is 0 Å². The van der Waals surface area contributed by atoms with Crippen LogP contribution in [0.1, 0.15) is 19.8 Å². The molecule has 1 aliphatic rings. The van der Waals surface area contributed by atoms with Gasteiger partial charge >= 0.3 is 5.97 Å². The highest BCUT2D eigenvalue weighted by Crippen LogP contribution is 2.25. The Morgan fingerprint density at radius 3 is 3.00 bits per heavy atom. The Labute approximate surface area is 118 Å². The van der Waals surface area contributed by atoms with E-state index in [0.29, 0.717) is 18.2 Å². The summed E-state index contributed by atoms with van der Waals surface area (Å²) in [5, 5.41) is 3.72. The molecule has 0 aliphatic carbocycles. The van der Waals surface area contributed by atoms with E-state index in [4.69, 9.17) is 21.1 Å². The Bertz CT molecular complexity index is 432. The zero-order valence-electron chi connectivity index (χ0n) is 10.9. The van der Waals surface area contributed by atoms with Crippen LogP contribution in [-0.4, -0.2) is 31.3 Å². The predicted molar refractivity (Wildman–Crippen MR) is 74.5 cm³/mol. The maximum absolute atomic E-state index is 12.0. The molecule has 1 heterocycles. The minimum atomic E-state index is -0.512. The van der Waals surface area contributed by atoms with Crippen molar-refractivity contribution in [2.45, 2.75) is 31.9 Å². The number of para-hydroxylation sites is 1. The third kappa shape index (κ3) is 3.61. The molecule has 0 radical (unpaired) electrons. The summed E-state index contributed by atoms with van der Waals surface area (Å²) >= 11 is 6.10. The predicted octanol–water partition coefficient (Wildman–Crippen LogP) is 2.86. The van der Waals surface area contributed by atoms with Crippen molar-refractivity contribution < 1.29 is 14.3 Å². The van der Waals surface area contributed by atoms with E-state index in [1.54, 1.807) is 13.0 Å². The minimum Gasteiger partial charge on any atom is -0.464 e. The first kappa shape index (κ1) is 14.2. The van der Waals surface area contributed by atoms with Gasteiger partial charge in [0.2, 0.25) is 0 Å². The van der Waals surface area contributed by atoms with Gasteiger partial charge < -0.3 is 14.8 Å². The molecular formula is C14H18ClNO3. The summed E-state index contributed by atoms with van der Waals surface area (Å²) in [5.74, 6) is -0.297. The van der Waals surface area contributed by atoms with Crippen LogP contribution in [0, 0.1) is 0 Å². The van der Waals surface area contributed by atoms with Gasteiger partial charge in [-0.3, -0.25) is 0 Å². The highest BCUT2D eigenvalue weighted by atomic mass is 35.5. The van der Waals surface area contributed by atoms with Gasteiger partial charge in [0.15, 0.2) is 6.04 Å². The molecule has 0 saturated carbocycles. The molecule has 1 N–H and O–H groups in total. The lowest BCUT2D eigenvalue weighted by molar-refractivity contribution is -0.146. The summed E-state index contributed by atoms with van der Waals surface area (Å²) in [7, 11) is 0. The Kier molecular flexibility index (Phi) is 5.05. The Hall–Kier alpha value is -1.26. The second-order valence-electron chi connectivity index (χ2n) is 4.41. The third-order valence-electron chi connectivity index (χ3n) is 3.06. The molecule has 1 saturated heterocycles. The molecule has 0 spiro atoms. The van der Waals surface area contributed by atoms with Crippen molar-refractivity contribution in [2.24, 2.45) is 0 Å². The summed E-state index contributed by atoms with van der Waals surface area (Å²) in [4.78, 5) is 12.0. The summed E-state index contributed by atoms with van der Waals surface area (Å²) < 4.78 is 10.7. The number of rotatable bonds is 5. The fourth-order valence-electron chi connectivity index (χ4n) is 2.15. The quantitative estimate of drug-likeness (QED) is 0.844. The molecule has 0 aromatic heterocycles. The van der Waals surface area contributed by atoms with Crippen LogP contribution in [0.25, 0.3) is 0 Å². The lowest BCUT2D eigenvalue weighted by Gasteiger charge is -2.23. The Balaban J connectivity index is 2.13. The van der Waals surface area contributed by atoms with E-state index in [2.05, 4.69) is 5.32 Å². The van der Waals surface area contributed by atoms with Crippen LogP contribution in [-0.2, 0) is 14.3 Å². The van der Waals surface area contributed by atoms with Gasteiger partial charge in [0.1, 0.15) is 0 Å². The summed E-state index contributed by atoms with van der Waals surface area (Å²) in [6.45, 7) is 2.83. The zero-order chi connectivity index (χ0) is 13.7. The van der Waals surface area contributed by atoms with Crippen molar-refractivity contribution in [2.75, 3.05) is 18.5 Å². The van der Waals surface area contributed by atoms with Gasteiger partial charge in [0, 0.05) is 6.61 Å². The topological polar surface area (TPSA) is 47.6 Å². The van der Waals surface area contributed by atoms with Crippen LogP contribution >= 0.6 is 11.6 Å².